The fourth-order valence-electron chi connectivity index (χ4n) is 4.50. The van der Waals surface area contributed by atoms with Gasteiger partial charge >= 0.3 is 12.1 Å². The number of nitrogen functional groups attached to an aromatic ring is 1. The number of hydrogen-bond acceptors (Lipinski definition) is 7. The largest absolute Gasteiger partial charge is 0.484 e. The first-order valence-corrected chi connectivity index (χ1v) is 13.7. The van der Waals surface area contributed by atoms with Gasteiger partial charge in [-0.25, -0.2) is 8.42 Å². The molecule has 1 aromatic heterocycles. The molecular weight excluding hydrogens is 561 g/mol. The molecule has 1 aliphatic heterocycles. The summed E-state index contributed by atoms with van der Waals surface area (Å²) in [4.78, 5) is 13.7. The number of H-pyrrole nitrogens is 1. The van der Waals surface area contributed by atoms with Crippen molar-refractivity contribution < 1.29 is 36.2 Å². The Morgan fingerprint density at radius 3 is 2.51 bits per heavy atom. The number of carboxylic acid groups (broad SMARTS) is 1. The highest BCUT2D eigenvalue weighted by atomic mass is 35.5. The van der Waals surface area contributed by atoms with Crippen LogP contribution in [-0.4, -0.2) is 55.1 Å². The second kappa shape index (κ2) is 10.6. The summed E-state index contributed by atoms with van der Waals surface area (Å²) in [6.45, 7) is -1.58. The maximum atomic E-state index is 12.5. The third kappa shape index (κ3) is 6.08. The number of fused-ring (bicyclic) bond motifs is 1. The number of nitrogens with two attached hydrogens (primary N) is 1. The molecule has 1 aliphatic carbocycles. The van der Waals surface area contributed by atoms with Crippen molar-refractivity contribution in [2.75, 3.05) is 18.9 Å². The van der Waals surface area contributed by atoms with Gasteiger partial charge < -0.3 is 25.9 Å². The number of para-hydroxylation sites is 1. The maximum Gasteiger partial charge on any atom is 0.422 e. The Morgan fingerprint density at radius 2 is 1.95 bits per heavy atom. The summed E-state index contributed by atoms with van der Waals surface area (Å²) < 4.78 is 65.8. The fourth-order valence-corrected chi connectivity index (χ4v) is 6.70. The number of benzene rings is 2. The lowest BCUT2D eigenvalue weighted by Crippen LogP contribution is -2.30. The van der Waals surface area contributed by atoms with Gasteiger partial charge in [0.25, 0.3) is 0 Å². The number of aromatic nitrogens is 1. The molecule has 0 amide bonds. The number of rotatable bonds is 6. The number of carbonyl (C=O) groups is 1. The summed E-state index contributed by atoms with van der Waals surface area (Å²) in [5.41, 5.74) is 7.65. The average Bonchev–Trinajstić information content (AvgIpc) is 3.32. The van der Waals surface area contributed by atoms with Crippen LogP contribution in [0.3, 0.4) is 0 Å². The number of nitriles is 1. The molecule has 1 saturated carbocycles. The van der Waals surface area contributed by atoms with Crippen LogP contribution in [0.15, 0.2) is 47.4 Å². The van der Waals surface area contributed by atoms with Gasteiger partial charge in [0, 0.05) is 29.1 Å². The van der Waals surface area contributed by atoms with Crippen molar-refractivity contribution >= 4 is 44.1 Å². The highest BCUT2D eigenvalue weighted by molar-refractivity contribution is 7.92. The number of nitrogens with zero attached hydrogens (tertiary/aromatic N) is 1. The van der Waals surface area contributed by atoms with Crippen LogP contribution in [0, 0.1) is 11.3 Å². The van der Waals surface area contributed by atoms with Gasteiger partial charge in [0.1, 0.15) is 17.6 Å². The molecule has 2 aliphatic rings. The van der Waals surface area contributed by atoms with E-state index in [0.29, 0.717) is 5.82 Å². The molecular formula is C25H24ClF3N4O5S. The number of hydrogen-bond donors (Lipinski definition) is 4. The van der Waals surface area contributed by atoms with Crippen LogP contribution in [0.1, 0.15) is 24.8 Å². The second-order valence-electron chi connectivity index (χ2n) is 9.35. The monoisotopic (exact) mass is 584 g/mol. The fraction of sp³-hybridized carbons (Fsp3) is 0.360. The van der Waals surface area contributed by atoms with E-state index in [-0.39, 0.29) is 34.0 Å². The van der Waals surface area contributed by atoms with Gasteiger partial charge in [-0.05, 0) is 37.5 Å². The molecule has 5 N–H and O–H groups in total. The molecule has 2 aromatic carbocycles. The normalized spacial score (nSPS) is 20.1. The minimum atomic E-state index is -4.53. The molecule has 3 aromatic rings. The SMILES string of the molecule is N#CC1(c2c(N)[nH]c3ccccc23)CC1.O=C(O)[C@H]1CC(S(=O)(=O)c2ccc(OCC(F)(F)F)cc2Cl)CN1. The molecule has 1 unspecified atom stereocenters. The lowest BCUT2D eigenvalue weighted by Gasteiger charge is -2.14. The topological polar surface area (TPSA) is 158 Å². The predicted octanol–water partition coefficient (Wildman–Crippen LogP) is 4.18. The standard InChI is InChI=1S/C13H13ClF3NO5S.C12H11N3/c14-9-3-7(23-6-13(15,16)17)1-2-11(9)24(21,22)8-4-10(12(19)20)18-5-8;13-7-12(5-6-12)10-8-3-1-2-4-9(8)15-11(10)14/h1-3,8,10,18H,4-6H2,(H,19,20);1-4,15H,5-6,14H2/t8?,10-;/m1./s1. The van der Waals surface area contributed by atoms with Crippen molar-refractivity contribution in [1.82, 2.24) is 10.3 Å². The number of aromatic amines is 1. The lowest BCUT2D eigenvalue weighted by atomic mass is 9.96. The summed E-state index contributed by atoms with van der Waals surface area (Å²) in [5, 5.41) is 20.5. The zero-order valence-corrected chi connectivity index (χ0v) is 21.8. The molecule has 208 valence electrons. The molecule has 0 radical (unpaired) electrons. The first kappa shape index (κ1) is 28.5. The van der Waals surface area contributed by atoms with Crippen LogP contribution in [0.25, 0.3) is 10.9 Å². The number of ether oxygens (including phenoxy) is 1. The van der Waals surface area contributed by atoms with Gasteiger partial charge in [0.05, 0.1) is 26.7 Å². The second-order valence-corrected chi connectivity index (χ2v) is 12.0. The molecule has 0 bridgehead atoms. The number of sulfone groups is 1. The molecule has 2 fully saturated rings. The van der Waals surface area contributed by atoms with E-state index in [9.17, 15) is 31.6 Å². The van der Waals surface area contributed by atoms with Gasteiger partial charge in [-0.3, -0.25) is 4.79 Å². The molecule has 0 spiro atoms. The van der Waals surface area contributed by atoms with E-state index in [1.165, 1.54) is 0 Å². The van der Waals surface area contributed by atoms with Crippen LogP contribution in [-0.2, 0) is 20.0 Å². The summed E-state index contributed by atoms with van der Waals surface area (Å²) in [6, 6.07) is 12.5. The lowest BCUT2D eigenvalue weighted by molar-refractivity contribution is -0.153. The van der Waals surface area contributed by atoms with Crippen LogP contribution in [0.4, 0.5) is 19.0 Å². The van der Waals surface area contributed by atoms with Crippen molar-refractivity contribution in [3.8, 4) is 11.8 Å². The molecule has 2 atom stereocenters. The Balaban J connectivity index is 0.000000199. The zero-order valence-electron chi connectivity index (χ0n) is 20.3. The van der Waals surface area contributed by atoms with E-state index in [0.717, 1.165) is 47.5 Å². The number of anilines is 1. The minimum Gasteiger partial charge on any atom is -0.484 e. The van der Waals surface area contributed by atoms with E-state index in [4.69, 9.17) is 22.4 Å². The maximum absolute atomic E-state index is 12.5. The number of aliphatic carboxylic acids is 1. The Kier molecular flexibility index (Phi) is 7.75. The van der Waals surface area contributed by atoms with Crippen molar-refractivity contribution in [3.63, 3.8) is 0 Å². The third-order valence-corrected chi connectivity index (χ3v) is 9.25. The first-order chi connectivity index (χ1) is 18.3. The third-order valence-electron chi connectivity index (χ3n) is 6.62. The number of nitrogens with one attached hydrogen (secondary N) is 2. The van der Waals surface area contributed by atoms with Crippen LogP contribution < -0.4 is 15.8 Å². The van der Waals surface area contributed by atoms with Gasteiger partial charge in [-0.2, -0.15) is 18.4 Å². The van der Waals surface area contributed by atoms with E-state index < -0.39 is 39.9 Å². The van der Waals surface area contributed by atoms with E-state index in [1.807, 2.05) is 24.3 Å². The smallest absolute Gasteiger partial charge is 0.422 e. The Hall–Kier alpha value is -3.47. The van der Waals surface area contributed by atoms with Crippen molar-refractivity contribution in [2.24, 2.45) is 0 Å². The predicted molar refractivity (Wildman–Crippen MR) is 137 cm³/mol. The van der Waals surface area contributed by atoms with E-state index >= 15 is 0 Å². The highest BCUT2D eigenvalue weighted by Crippen LogP contribution is 2.52. The molecule has 39 heavy (non-hydrogen) atoms. The average molecular weight is 585 g/mol. The molecule has 1 saturated heterocycles. The number of carboxylic acids is 1. The van der Waals surface area contributed by atoms with Crippen molar-refractivity contribution in [1.29, 1.82) is 5.26 Å². The Bertz CT molecular complexity index is 1550. The van der Waals surface area contributed by atoms with Crippen molar-refractivity contribution in [2.45, 2.75) is 47.0 Å². The number of alkyl halides is 3. The van der Waals surface area contributed by atoms with E-state index in [2.05, 4.69) is 21.1 Å². The van der Waals surface area contributed by atoms with Gasteiger partial charge in [0.2, 0.25) is 0 Å². The van der Waals surface area contributed by atoms with E-state index in [1.54, 1.807) is 0 Å². The van der Waals surface area contributed by atoms with Crippen LogP contribution in [0.2, 0.25) is 5.02 Å². The highest BCUT2D eigenvalue weighted by Gasteiger charge is 2.48. The summed E-state index contributed by atoms with van der Waals surface area (Å²) >= 11 is 5.86. The van der Waals surface area contributed by atoms with Gasteiger partial charge in [0.15, 0.2) is 16.4 Å². The molecule has 2 heterocycles. The minimum absolute atomic E-state index is 0.0536. The summed E-state index contributed by atoms with van der Waals surface area (Å²) in [5.74, 6) is -0.728. The van der Waals surface area contributed by atoms with Crippen LogP contribution >= 0.6 is 11.6 Å². The zero-order chi connectivity index (χ0) is 28.6. The molecule has 5 rings (SSSR count). The molecule has 9 nitrogen and oxygen atoms in total. The summed E-state index contributed by atoms with van der Waals surface area (Å²) in [6.07, 6.45) is -2.80. The van der Waals surface area contributed by atoms with Crippen LogP contribution in [0.5, 0.6) is 5.75 Å². The Labute approximate surface area is 226 Å². The first-order valence-electron chi connectivity index (χ1n) is 11.7. The Morgan fingerprint density at radius 1 is 1.26 bits per heavy atom. The summed E-state index contributed by atoms with van der Waals surface area (Å²) in [7, 11) is -3.93. The molecule has 14 heteroatoms. The van der Waals surface area contributed by atoms with Gasteiger partial charge in [-0.1, -0.05) is 29.8 Å². The number of halogens is 4. The quantitative estimate of drug-likeness (QED) is 0.336. The van der Waals surface area contributed by atoms with Crippen molar-refractivity contribution in [3.05, 3.63) is 53.1 Å². The van der Waals surface area contributed by atoms with Gasteiger partial charge in [-0.15, -0.1) is 0 Å².